The summed E-state index contributed by atoms with van der Waals surface area (Å²) in [5, 5.41) is 7.87. The molecule has 3 nitrogen and oxygen atoms in total. The van der Waals surface area contributed by atoms with Gasteiger partial charge in [-0.1, -0.05) is 32.9 Å². The lowest BCUT2D eigenvalue weighted by Crippen LogP contribution is -2.40. The Morgan fingerprint density at radius 1 is 1.32 bits per heavy atom. The average Bonchev–Trinajstić information content (AvgIpc) is 2.70. The summed E-state index contributed by atoms with van der Waals surface area (Å²) in [5.41, 5.74) is 1.23. The number of aromatic amines is 1. The molecule has 1 heterocycles. The van der Waals surface area contributed by atoms with E-state index in [0.29, 0.717) is 12.1 Å². The van der Waals surface area contributed by atoms with Crippen LogP contribution in [0.25, 0.3) is 10.9 Å². The highest BCUT2D eigenvalue weighted by Crippen LogP contribution is 2.37. The second kappa shape index (κ2) is 4.72. The van der Waals surface area contributed by atoms with Crippen LogP contribution in [0.5, 0.6) is 0 Å². The van der Waals surface area contributed by atoms with E-state index in [1.165, 1.54) is 6.07 Å². The molecule has 104 valence electrons. The molecule has 2 rings (SSSR count). The Labute approximate surface area is 114 Å². The van der Waals surface area contributed by atoms with Gasteiger partial charge in [0.05, 0.1) is 12.3 Å². The fourth-order valence-corrected chi connectivity index (χ4v) is 2.57. The minimum Gasteiger partial charge on any atom is -0.411 e. The lowest BCUT2D eigenvalue weighted by Gasteiger charge is -2.36. The Hall–Kier alpha value is -1.20. The SMILES string of the molecule is CC(C)(C)[Si](C)(C)OCc1[nH]nc2c(F)cccc12. The zero-order chi connectivity index (χ0) is 14.3. The van der Waals surface area contributed by atoms with Crippen molar-refractivity contribution in [1.82, 2.24) is 10.2 Å². The Kier molecular flexibility index (Phi) is 3.53. The fraction of sp³-hybridized carbons (Fsp3) is 0.500. The molecule has 0 unspecified atom stereocenters. The number of hydrogen-bond acceptors (Lipinski definition) is 2. The van der Waals surface area contributed by atoms with Crippen LogP contribution in [0.3, 0.4) is 0 Å². The third-order valence-corrected chi connectivity index (χ3v) is 8.48. The molecule has 0 atom stereocenters. The Balaban J connectivity index is 2.22. The van der Waals surface area contributed by atoms with Crippen molar-refractivity contribution in [3.63, 3.8) is 0 Å². The zero-order valence-electron chi connectivity index (χ0n) is 12.2. The highest BCUT2D eigenvalue weighted by molar-refractivity contribution is 6.74. The van der Waals surface area contributed by atoms with Gasteiger partial charge in [-0.2, -0.15) is 5.10 Å². The van der Waals surface area contributed by atoms with Crippen LogP contribution in [0.15, 0.2) is 18.2 Å². The first-order chi connectivity index (χ1) is 8.72. The van der Waals surface area contributed by atoms with Crippen molar-refractivity contribution in [3.05, 3.63) is 29.7 Å². The van der Waals surface area contributed by atoms with Gasteiger partial charge in [0.15, 0.2) is 14.1 Å². The van der Waals surface area contributed by atoms with E-state index in [0.717, 1.165) is 11.1 Å². The van der Waals surface area contributed by atoms with Gasteiger partial charge in [0.2, 0.25) is 0 Å². The van der Waals surface area contributed by atoms with Gasteiger partial charge in [0.1, 0.15) is 5.52 Å². The first kappa shape index (κ1) is 14.2. The maximum absolute atomic E-state index is 13.5. The summed E-state index contributed by atoms with van der Waals surface area (Å²) in [6.45, 7) is 11.5. The van der Waals surface area contributed by atoms with E-state index in [9.17, 15) is 4.39 Å². The highest BCUT2D eigenvalue weighted by Gasteiger charge is 2.37. The van der Waals surface area contributed by atoms with E-state index in [4.69, 9.17) is 4.43 Å². The Morgan fingerprint density at radius 3 is 2.63 bits per heavy atom. The molecule has 0 bridgehead atoms. The summed E-state index contributed by atoms with van der Waals surface area (Å²) in [4.78, 5) is 0. The first-order valence-electron chi connectivity index (χ1n) is 6.48. The second-order valence-corrected chi connectivity index (χ2v) is 11.2. The first-order valence-corrected chi connectivity index (χ1v) is 9.38. The van der Waals surface area contributed by atoms with E-state index in [1.807, 2.05) is 6.07 Å². The number of nitrogens with zero attached hydrogens (tertiary/aromatic N) is 1. The average molecular weight is 280 g/mol. The van der Waals surface area contributed by atoms with Gasteiger partial charge in [0, 0.05) is 5.39 Å². The fourth-order valence-electron chi connectivity index (χ4n) is 1.64. The van der Waals surface area contributed by atoms with E-state index in [1.54, 1.807) is 6.07 Å². The number of fused-ring (bicyclic) bond motifs is 1. The summed E-state index contributed by atoms with van der Waals surface area (Å²) >= 11 is 0. The third-order valence-electron chi connectivity index (χ3n) is 4.00. The smallest absolute Gasteiger partial charge is 0.192 e. The van der Waals surface area contributed by atoms with Crippen LogP contribution >= 0.6 is 0 Å². The number of para-hydroxylation sites is 1. The molecule has 0 aliphatic heterocycles. The molecule has 2 aromatic rings. The van der Waals surface area contributed by atoms with Crippen molar-refractivity contribution in [1.29, 1.82) is 0 Å². The predicted octanol–water partition coefficient (Wildman–Crippen LogP) is 4.22. The molecular formula is C14H21FN2OSi. The molecule has 0 saturated carbocycles. The molecule has 1 aromatic heterocycles. The molecule has 19 heavy (non-hydrogen) atoms. The van der Waals surface area contributed by atoms with Crippen LogP contribution in [0.1, 0.15) is 26.5 Å². The predicted molar refractivity (Wildman–Crippen MR) is 78.0 cm³/mol. The third kappa shape index (κ3) is 2.72. The normalized spacial score (nSPS) is 13.2. The number of aromatic nitrogens is 2. The number of halogens is 1. The Bertz CT molecular complexity index is 587. The minimum absolute atomic E-state index is 0.161. The molecule has 0 amide bonds. The van der Waals surface area contributed by atoms with Crippen LogP contribution < -0.4 is 0 Å². The maximum atomic E-state index is 13.5. The van der Waals surface area contributed by atoms with Crippen LogP contribution in [0.2, 0.25) is 18.1 Å². The van der Waals surface area contributed by atoms with Gasteiger partial charge in [-0.3, -0.25) is 5.10 Å². The lowest BCUT2D eigenvalue weighted by atomic mass is 10.2. The molecule has 0 spiro atoms. The molecule has 0 radical (unpaired) electrons. The van der Waals surface area contributed by atoms with E-state index in [-0.39, 0.29) is 10.9 Å². The topological polar surface area (TPSA) is 37.9 Å². The zero-order valence-corrected chi connectivity index (χ0v) is 13.2. The van der Waals surface area contributed by atoms with Gasteiger partial charge in [-0.25, -0.2) is 4.39 Å². The van der Waals surface area contributed by atoms with Crippen LogP contribution in [0.4, 0.5) is 4.39 Å². The lowest BCUT2D eigenvalue weighted by molar-refractivity contribution is 0.273. The second-order valence-electron chi connectivity index (χ2n) is 6.39. The number of nitrogens with one attached hydrogen (secondary N) is 1. The number of H-pyrrole nitrogens is 1. The molecule has 5 heteroatoms. The summed E-state index contributed by atoms with van der Waals surface area (Å²) in [6, 6.07) is 4.98. The number of hydrogen-bond donors (Lipinski definition) is 1. The van der Waals surface area contributed by atoms with Crippen LogP contribution in [0, 0.1) is 5.82 Å². The molecule has 0 fully saturated rings. The molecule has 1 N–H and O–H groups in total. The van der Waals surface area contributed by atoms with Crippen molar-refractivity contribution >= 4 is 19.2 Å². The summed E-state index contributed by atoms with van der Waals surface area (Å²) in [6.07, 6.45) is 0. The summed E-state index contributed by atoms with van der Waals surface area (Å²) < 4.78 is 19.7. The molecule has 1 aromatic carbocycles. The molecule has 0 aliphatic carbocycles. The monoisotopic (exact) mass is 280 g/mol. The minimum atomic E-state index is -1.80. The van der Waals surface area contributed by atoms with Gasteiger partial charge < -0.3 is 4.43 Å². The molecule has 0 saturated heterocycles. The number of benzene rings is 1. The van der Waals surface area contributed by atoms with Gasteiger partial charge in [-0.15, -0.1) is 0 Å². The van der Waals surface area contributed by atoms with Gasteiger partial charge in [0.25, 0.3) is 0 Å². The van der Waals surface area contributed by atoms with Crippen molar-refractivity contribution in [2.24, 2.45) is 0 Å². The maximum Gasteiger partial charge on any atom is 0.192 e. The highest BCUT2D eigenvalue weighted by atomic mass is 28.4. The quantitative estimate of drug-likeness (QED) is 0.855. The molecule has 0 aliphatic rings. The van der Waals surface area contributed by atoms with E-state index >= 15 is 0 Å². The van der Waals surface area contributed by atoms with Crippen LogP contribution in [-0.2, 0) is 11.0 Å². The van der Waals surface area contributed by atoms with Gasteiger partial charge in [-0.05, 0) is 24.2 Å². The van der Waals surface area contributed by atoms with E-state index in [2.05, 4.69) is 44.1 Å². The van der Waals surface area contributed by atoms with Crippen molar-refractivity contribution in [2.45, 2.75) is 45.5 Å². The van der Waals surface area contributed by atoms with Crippen molar-refractivity contribution < 1.29 is 8.82 Å². The van der Waals surface area contributed by atoms with Crippen molar-refractivity contribution in [3.8, 4) is 0 Å². The summed E-state index contributed by atoms with van der Waals surface area (Å²) in [7, 11) is -1.80. The number of rotatable bonds is 3. The molecular weight excluding hydrogens is 259 g/mol. The standard InChI is InChI=1S/C14H21FN2OSi/c1-14(2,3)19(4,5)18-9-12-10-7-6-8-11(15)13(10)17-16-12/h6-8H,9H2,1-5H3,(H,16,17). The largest absolute Gasteiger partial charge is 0.411 e. The van der Waals surface area contributed by atoms with Crippen LogP contribution in [-0.4, -0.2) is 18.5 Å². The van der Waals surface area contributed by atoms with E-state index < -0.39 is 8.32 Å². The Morgan fingerprint density at radius 2 is 2.00 bits per heavy atom. The summed E-state index contributed by atoms with van der Waals surface area (Å²) in [5.74, 6) is -0.299. The van der Waals surface area contributed by atoms with Gasteiger partial charge >= 0.3 is 0 Å². The van der Waals surface area contributed by atoms with Crippen molar-refractivity contribution in [2.75, 3.05) is 0 Å².